The number of nitriles is 1. The lowest BCUT2D eigenvalue weighted by Crippen LogP contribution is -2.38. The molecule has 6 nitrogen and oxygen atoms in total. The summed E-state index contributed by atoms with van der Waals surface area (Å²) in [4.78, 5) is 29.8. The molecule has 1 aliphatic rings. The molecule has 1 aromatic rings. The summed E-state index contributed by atoms with van der Waals surface area (Å²) < 4.78 is 4.90. The van der Waals surface area contributed by atoms with Crippen molar-refractivity contribution in [3.8, 4) is 6.07 Å². The van der Waals surface area contributed by atoms with Gasteiger partial charge in [-0.25, -0.2) is 4.98 Å². The molecule has 0 aliphatic heterocycles. The molecule has 21 heavy (non-hydrogen) atoms. The summed E-state index contributed by atoms with van der Waals surface area (Å²) in [6.45, 7) is 3.65. The topological polar surface area (TPSA) is 83.3 Å². The molecule has 0 N–H and O–H groups in total. The fourth-order valence-corrected chi connectivity index (χ4v) is 2.04. The normalized spacial score (nSPS) is 13.4. The Labute approximate surface area is 123 Å². The van der Waals surface area contributed by atoms with Crippen LogP contribution in [0.15, 0.2) is 12.1 Å². The average Bonchev–Trinajstić information content (AvgIpc) is 3.29. The zero-order valence-corrected chi connectivity index (χ0v) is 12.1. The Balaban J connectivity index is 2.17. The van der Waals surface area contributed by atoms with E-state index in [4.69, 9.17) is 10.00 Å². The van der Waals surface area contributed by atoms with Crippen molar-refractivity contribution in [2.75, 3.05) is 13.2 Å². The quantitative estimate of drug-likeness (QED) is 0.765. The lowest BCUT2D eigenvalue weighted by molar-refractivity contribution is -0.144. The smallest absolute Gasteiger partial charge is 0.325 e. The minimum atomic E-state index is -0.414. The zero-order chi connectivity index (χ0) is 15.4. The van der Waals surface area contributed by atoms with Crippen LogP contribution in [0.25, 0.3) is 0 Å². The Morgan fingerprint density at radius 3 is 2.71 bits per heavy atom. The molecule has 0 aromatic carbocycles. The van der Waals surface area contributed by atoms with E-state index in [0.717, 1.165) is 12.8 Å². The van der Waals surface area contributed by atoms with Crippen LogP contribution in [0.3, 0.4) is 0 Å². The van der Waals surface area contributed by atoms with E-state index >= 15 is 0 Å². The second kappa shape index (κ2) is 6.35. The first-order valence-corrected chi connectivity index (χ1v) is 6.91. The van der Waals surface area contributed by atoms with Crippen molar-refractivity contribution < 1.29 is 14.3 Å². The van der Waals surface area contributed by atoms with Crippen LogP contribution >= 0.6 is 0 Å². The maximum atomic E-state index is 12.5. The van der Waals surface area contributed by atoms with Gasteiger partial charge < -0.3 is 9.64 Å². The first-order valence-electron chi connectivity index (χ1n) is 6.91. The number of ether oxygens (including phenoxy) is 1. The number of carbonyl (C=O) groups excluding carboxylic acids is 2. The molecular formula is C15H17N3O3. The van der Waals surface area contributed by atoms with Crippen molar-refractivity contribution in [2.45, 2.75) is 32.7 Å². The summed E-state index contributed by atoms with van der Waals surface area (Å²) in [5.74, 6) is -0.707. The Bertz CT molecular complexity index is 603. The molecule has 0 spiro atoms. The zero-order valence-electron chi connectivity index (χ0n) is 12.1. The molecule has 1 amide bonds. The van der Waals surface area contributed by atoms with Gasteiger partial charge in [0, 0.05) is 6.04 Å². The van der Waals surface area contributed by atoms with Gasteiger partial charge in [0.25, 0.3) is 5.91 Å². The molecule has 1 saturated carbocycles. The third-order valence-electron chi connectivity index (χ3n) is 3.28. The molecule has 1 heterocycles. The van der Waals surface area contributed by atoms with E-state index in [-0.39, 0.29) is 24.2 Å². The summed E-state index contributed by atoms with van der Waals surface area (Å²) in [5.41, 5.74) is 1.20. The molecule has 1 fully saturated rings. The number of aryl methyl sites for hydroxylation is 1. The molecule has 0 bridgehead atoms. The third-order valence-corrected chi connectivity index (χ3v) is 3.28. The molecule has 0 atom stereocenters. The number of pyridine rings is 1. The fourth-order valence-electron chi connectivity index (χ4n) is 2.04. The predicted octanol–water partition coefficient (Wildman–Crippen LogP) is 1.43. The number of aromatic nitrogens is 1. The van der Waals surface area contributed by atoms with E-state index in [0.29, 0.717) is 17.9 Å². The van der Waals surface area contributed by atoms with Gasteiger partial charge in [0.2, 0.25) is 0 Å². The molecule has 0 radical (unpaired) electrons. The summed E-state index contributed by atoms with van der Waals surface area (Å²) in [7, 11) is 0. The Kier molecular flexibility index (Phi) is 4.53. The number of nitrogens with zero attached hydrogens (tertiary/aromatic N) is 3. The van der Waals surface area contributed by atoms with E-state index in [2.05, 4.69) is 4.98 Å². The highest BCUT2D eigenvalue weighted by Crippen LogP contribution is 2.28. The van der Waals surface area contributed by atoms with Crippen molar-refractivity contribution in [1.29, 1.82) is 5.26 Å². The van der Waals surface area contributed by atoms with Crippen LogP contribution in [0.1, 0.15) is 41.5 Å². The first kappa shape index (κ1) is 15.0. The van der Waals surface area contributed by atoms with Gasteiger partial charge in [-0.1, -0.05) is 0 Å². The van der Waals surface area contributed by atoms with Gasteiger partial charge in [-0.15, -0.1) is 0 Å². The standard InChI is InChI=1S/C15H17N3O3/c1-3-21-14(19)9-18(12-5-6-12)15(20)13-7-4-11(8-16)10(2)17-13/h4,7,12H,3,5-6,9H2,1-2H3. The summed E-state index contributed by atoms with van der Waals surface area (Å²) in [6, 6.07) is 5.19. The van der Waals surface area contributed by atoms with Crippen molar-refractivity contribution in [3.05, 3.63) is 29.1 Å². The van der Waals surface area contributed by atoms with Crippen LogP contribution in [0.2, 0.25) is 0 Å². The van der Waals surface area contributed by atoms with Gasteiger partial charge in [0.05, 0.1) is 17.9 Å². The first-order chi connectivity index (χ1) is 10.1. The van der Waals surface area contributed by atoms with Crippen molar-refractivity contribution in [3.63, 3.8) is 0 Å². The maximum Gasteiger partial charge on any atom is 0.325 e. The SMILES string of the molecule is CCOC(=O)CN(C(=O)c1ccc(C#N)c(C)n1)C1CC1. The van der Waals surface area contributed by atoms with Crippen LogP contribution in [-0.4, -0.2) is 41.0 Å². The summed E-state index contributed by atoms with van der Waals surface area (Å²) in [6.07, 6.45) is 1.78. The number of amides is 1. The second-order valence-corrected chi connectivity index (χ2v) is 4.91. The Morgan fingerprint density at radius 2 is 2.19 bits per heavy atom. The van der Waals surface area contributed by atoms with E-state index < -0.39 is 5.97 Å². The van der Waals surface area contributed by atoms with E-state index in [9.17, 15) is 9.59 Å². The maximum absolute atomic E-state index is 12.5. The van der Waals surface area contributed by atoms with Crippen molar-refractivity contribution >= 4 is 11.9 Å². The number of hydrogen-bond donors (Lipinski definition) is 0. The highest BCUT2D eigenvalue weighted by atomic mass is 16.5. The minimum Gasteiger partial charge on any atom is -0.465 e. The molecule has 1 aromatic heterocycles. The molecular weight excluding hydrogens is 270 g/mol. The molecule has 0 saturated heterocycles. The van der Waals surface area contributed by atoms with E-state index in [1.807, 2.05) is 6.07 Å². The minimum absolute atomic E-state index is 0.0575. The third kappa shape index (κ3) is 3.57. The Hall–Kier alpha value is -2.42. The van der Waals surface area contributed by atoms with Crippen molar-refractivity contribution in [2.24, 2.45) is 0 Å². The second-order valence-electron chi connectivity index (χ2n) is 4.91. The molecule has 0 unspecified atom stereocenters. The van der Waals surface area contributed by atoms with Gasteiger partial charge in [-0.2, -0.15) is 5.26 Å². The van der Waals surface area contributed by atoms with Crippen LogP contribution in [0.4, 0.5) is 0 Å². The number of esters is 1. The van der Waals surface area contributed by atoms with Gasteiger partial charge in [0.15, 0.2) is 0 Å². The summed E-state index contributed by atoms with van der Waals surface area (Å²) in [5, 5.41) is 8.89. The van der Waals surface area contributed by atoms with Gasteiger partial charge >= 0.3 is 5.97 Å². The molecule has 2 rings (SSSR count). The van der Waals surface area contributed by atoms with Crippen LogP contribution < -0.4 is 0 Å². The molecule has 6 heteroatoms. The largest absolute Gasteiger partial charge is 0.465 e. The Morgan fingerprint density at radius 1 is 1.48 bits per heavy atom. The van der Waals surface area contributed by atoms with E-state index in [1.165, 1.54) is 11.0 Å². The van der Waals surface area contributed by atoms with Gasteiger partial charge in [-0.3, -0.25) is 9.59 Å². The predicted molar refractivity (Wildman–Crippen MR) is 74.4 cm³/mol. The molecule has 110 valence electrons. The molecule has 1 aliphatic carbocycles. The summed E-state index contributed by atoms with van der Waals surface area (Å²) >= 11 is 0. The lowest BCUT2D eigenvalue weighted by atomic mass is 10.2. The van der Waals surface area contributed by atoms with Crippen LogP contribution in [0.5, 0.6) is 0 Å². The van der Waals surface area contributed by atoms with Gasteiger partial charge in [0.1, 0.15) is 18.3 Å². The highest BCUT2D eigenvalue weighted by Gasteiger charge is 2.35. The van der Waals surface area contributed by atoms with E-state index in [1.54, 1.807) is 19.9 Å². The van der Waals surface area contributed by atoms with Crippen molar-refractivity contribution in [1.82, 2.24) is 9.88 Å². The monoisotopic (exact) mass is 287 g/mol. The van der Waals surface area contributed by atoms with Crippen LogP contribution in [0, 0.1) is 18.3 Å². The highest BCUT2D eigenvalue weighted by molar-refractivity contribution is 5.94. The lowest BCUT2D eigenvalue weighted by Gasteiger charge is -2.21. The van der Waals surface area contributed by atoms with Crippen LogP contribution in [-0.2, 0) is 9.53 Å². The fraction of sp³-hybridized carbons (Fsp3) is 0.467. The number of carbonyl (C=O) groups is 2. The number of rotatable bonds is 5. The number of hydrogen-bond acceptors (Lipinski definition) is 5. The average molecular weight is 287 g/mol. The van der Waals surface area contributed by atoms with Gasteiger partial charge in [-0.05, 0) is 38.8 Å².